The monoisotopic (exact) mass is 280 g/mol. The van der Waals surface area contributed by atoms with Gasteiger partial charge in [0.1, 0.15) is 18.7 Å². The lowest BCUT2D eigenvalue weighted by Gasteiger charge is -2.11. The van der Waals surface area contributed by atoms with Gasteiger partial charge in [0, 0.05) is 11.6 Å². The van der Waals surface area contributed by atoms with Crippen molar-refractivity contribution in [3.05, 3.63) is 35.4 Å². The molecule has 2 aromatic rings. The van der Waals surface area contributed by atoms with Gasteiger partial charge < -0.3 is 10.5 Å². The summed E-state index contributed by atoms with van der Waals surface area (Å²) < 4.78 is 7.50. The molecular weight excluding hydrogens is 264 g/mol. The van der Waals surface area contributed by atoms with E-state index in [0.29, 0.717) is 29.0 Å². The Bertz CT molecular complexity index is 553. The summed E-state index contributed by atoms with van der Waals surface area (Å²) >= 11 is 5.84. The van der Waals surface area contributed by atoms with Crippen LogP contribution in [0.1, 0.15) is 19.7 Å². The normalized spacial score (nSPS) is 10.9. The van der Waals surface area contributed by atoms with Crippen LogP contribution >= 0.6 is 11.6 Å². The zero-order valence-corrected chi connectivity index (χ0v) is 11.8. The second kappa shape index (κ2) is 5.93. The van der Waals surface area contributed by atoms with Crippen LogP contribution in [0.4, 0.5) is 5.69 Å². The molecule has 0 atom stereocenters. The van der Waals surface area contributed by atoms with Crippen molar-refractivity contribution in [1.82, 2.24) is 14.8 Å². The molecule has 1 heterocycles. The lowest BCUT2D eigenvalue weighted by Crippen LogP contribution is -2.12. The Labute approximate surface area is 117 Å². The van der Waals surface area contributed by atoms with E-state index in [0.717, 1.165) is 12.4 Å². The molecule has 5 nitrogen and oxygen atoms in total. The van der Waals surface area contributed by atoms with Gasteiger partial charge in [0.2, 0.25) is 0 Å². The average molecular weight is 281 g/mol. The van der Waals surface area contributed by atoms with Gasteiger partial charge in [0.05, 0.1) is 5.69 Å². The largest absolute Gasteiger partial charge is 0.483 e. The number of hydrogen-bond acceptors (Lipinski definition) is 4. The molecule has 0 aliphatic rings. The molecule has 0 saturated carbocycles. The summed E-state index contributed by atoms with van der Waals surface area (Å²) in [6, 6.07) is 5.16. The van der Waals surface area contributed by atoms with E-state index in [1.165, 1.54) is 6.33 Å². The summed E-state index contributed by atoms with van der Waals surface area (Å²) in [6.07, 6.45) is 1.53. The van der Waals surface area contributed by atoms with Crippen molar-refractivity contribution in [2.75, 3.05) is 5.73 Å². The van der Waals surface area contributed by atoms with E-state index in [1.54, 1.807) is 18.2 Å². The van der Waals surface area contributed by atoms with Crippen molar-refractivity contribution in [3.63, 3.8) is 0 Å². The Hall–Kier alpha value is -1.75. The topological polar surface area (TPSA) is 66.0 Å². The molecule has 0 amide bonds. The molecule has 0 aliphatic heterocycles. The zero-order valence-electron chi connectivity index (χ0n) is 11.0. The van der Waals surface area contributed by atoms with E-state index >= 15 is 0 Å². The molecule has 2 rings (SSSR count). The van der Waals surface area contributed by atoms with Crippen molar-refractivity contribution in [1.29, 1.82) is 0 Å². The van der Waals surface area contributed by atoms with Crippen molar-refractivity contribution < 1.29 is 4.74 Å². The molecule has 0 radical (unpaired) electrons. The van der Waals surface area contributed by atoms with Crippen molar-refractivity contribution in [3.8, 4) is 5.75 Å². The van der Waals surface area contributed by atoms with Gasteiger partial charge >= 0.3 is 0 Å². The lowest BCUT2D eigenvalue weighted by atomic mass is 10.2. The highest BCUT2D eigenvalue weighted by atomic mass is 35.5. The summed E-state index contributed by atoms with van der Waals surface area (Å²) in [4.78, 5) is 4.19. The molecule has 102 valence electrons. The fraction of sp³-hybridized carbons (Fsp3) is 0.385. The van der Waals surface area contributed by atoms with E-state index in [4.69, 9.17) is 22.1 Å². The van der Waals surface area contributed by atoms with Crippen LogP contribution in [0.25, 0.3) is 0 Å². The predicted octanol–water partition coefficient (Wildman–Crippen LogP) is 2.75. The summed E-state index contributed by atoms with van der Waals surface area (Å²) in [6.45, 7) is 5.40. The Morgan fingerprint density at radius 2 is 2.21 bits per heavy atom. The van der Waals surface area contributed by atoms with Crippen LogP contribution < -0.4 is 10.5 Å². The van der Waals surface area contributed by atoms with E-state index < -0.39 is 0 Å². The Balaban J connectivity index is 2.04. The highest BCUT2D eigenvalue weighted by Crippen LogP contribution is 2.25. The molecule has 1 aromatic heterocycles. The predicted molar refractivity (Wildman–Crippen MR) is 75.1 cm³/mol. The number of hydrogen-bond donors (Lipinski definition) is 1. The van der Waals surface area contributed by atoms with Crippen LogP contribution in [0.3, 0.4) is 0 Å². The van der Waals surface area contributed by atoms with Gasteiger partial charge in [-0.15, -0.1) is 0 Å². The van der Waals surface area contributed by atoms with Gasteiger partial charge in [0.25, 0.3) is 0 Å². The third kappa shape index (κ3) is 3.61. The number of halogens is 1. The van der Waals surface area contributed by atoms with Gasteiger partial charge in [-0.25, -0.2) is 9.67 Å². The van der Waals surface area contributed by atoms with Crippen LogP contribution in [-0.2, 0) is 13.2 Å². The minimum absolute atomic E-state index is 0.332. The Morgan fingerprint density at radius 3 is 2.89 bits per heavy atom. The first-order chi connectivity index (χ1) is 9.06. The van der Waals surface area contributed by atoms with Crippen molar-refractivity contribution in [2.24, 2.45) is 5.92 Å². The second-order valence-electron chi connectivity index (χ2n) is 4.72. The van der Waals surface area contributed by atoms with Crippen molar-refractivity contribution in [2.45, 2.75) is 27.0 Å². The van der Waals surface area contributed by atoms with Crippen LogP contribution in [0.5, 0.6) is 5.75 Å². The summed E-state index contributed by atoms with van der Waals surface area (Å²) in [5.74, 6) is 1.88. The van der Waals surface area contributed by atoms with Gasteiger partial charge in [-0.3, -0.25) is 0 Å². The minimum Gasteiger partial charge on any atom is -0.483 e. The number of rotatable bonds is 5. The fourth-order valence-corrected chi connectivity index (χ4v) is 1.87. The number of ether oxygens (including phenoxy) is 1. The quantitative estimate of drug-likeness (QED) is 0.855. The van der Waals surface area contributed by atoms with E-state index in [9.17, 15) is 0 Å². The molecule has 0 saturated heterocycles. The molecule has 0 fully saturated rings. The number of nitrogens with zero attached hydrogens (tertiary/aromatic N) is 3. The number of nitrogen functional groups attached to an aromatic ring is 1. The van der Waals surface area contributed by atoms with E-state index in [2.05, 4.69) is 23.9 Å². The Morgan fingerprint density at radius 1 is 1.42 bits per heavy atom. The third-order valence-electron chi connectivity index (χ3n) is 2.56. The van der Waals surface area contributed by atoms with Crippen molar-refractivity contribution >= 4 is 17.3 Å². The molecule has 0 aliphatic carbocycles. The van der Waals surface area contributed by atoms with Gasteiger partial charge in [0.15, 0.2) is 5.82 Å². The molecule has 6 heteroatoms. The maximum Gasteiger partial charge on any atom is 0.164 e. The standard InChI is InChI=1S/C13H17ClN4O/c1-9(2)6-18-13(16-8-17-18)7-19-12-4-3-10(14)5-11(12)15/h3-5,8-9H,6-7,15H2,1-2H3. The molecule has 1 aromatic carbocycles. The first-order valence-corrected chi connectivity index (χ1v) is 6.48. The summed E-state index contributed by atoms with van der Waals surface area (Å²) in [5.41, 5.74) is 6.34. The highest BCUT2D eigenvalue weighted by molar-refractivity contribution is 6.30. The van der Waals surface area contributed by atoms with Crippen LogP contribution in [0.2, 0.25) is 5.02 Å². The molecule has 2 N–H and O–H groups in total. The second-order valence-corrected chi connectivity index (χ2v) is 5.16. The van der Waals surface area contributed by atoms with E-state index in [1.807, 2.05) is 4.68 Å². The smallest absolute Gasteiger partial charge is 0.164 e. The lowest BCUT2D eigenvalue weighted by molar-refractivity contribution is 0.284. The molecule has 0 unspecified atom stereocenters. The van der Waals surface area contributed by atoms with Crippen LogP contribution in [-0.4, -0.2) is 14.8 Å². The fourth-order valence-electron chi connectivity index (χ4n) is 1.69. The number of anilines is 1. The molecule has 0 bridgehead atoms. The van der Waals surface area contributed by atoms with Crippen LogP contribution in [0, 0.1) is 5.92 Å². The number of nitrogens with two attached hydrogens (primary N) is 1. The first-order valence-electron chi connectivity index (χ1n) is 6.10. The molecule has 0 spiro atoms. The summed E-state index contributed by atoms with van der Waals surface area (Å²) in [5, 5.41) is 4.77. The highest BCUT2D eigenvalue weighted by Gasteiger charge is 2.08. The third-order valence-corrected chi connectivity index (χ3v) is 2.80. The maximum atomic E-state index is 5.84. The van der Waals surface area contributed by atoms with E-state index in [-0.39, 0.29) is 0 Å². The van der Waals surface area contributed by atoms with Gasteiger partial charge in [-0.05, 0) is 24.1 Å². The average Bonchev–Trinajstić information content (AvgIpc) is 2.74. The SMILES string of the molecule is CC(C)Cn1ncnc1COc1ccc(Cl)cc1N. The minimum atomic E-state index is 0.332. The first kappa shape index (κ1) is 13.7. The van der Waals surface area contributed by atoms with Crippen LogP contribution in [0.15, 0.2) is 24.5 Å². The molecular formula is C13H17ClN4O. The van der Waals surface area contributed by atoms with Gasteiger partial charge in [-0.2, -0.15) is 5.10 Å². The Kier molecular flexibility index (Phi) is 4.27. The number of benzene rings is 1. The number of aromatic nitrogens is 3. The zero-order chi connectivity index (χ0) is 13.8. The summed E-state index contributed by atoms with van der Waals surface area (Å²) in [7, 11) is 0. The van der Waals surface area contributed by atoms with Gasteiger partial charge in [-0.1, -0.05) is 25.4 Å². The maximum absolute atomic E-state index is 5.84. The molecule has 19 heavy (non-hydrogen) atoms.